The number of benzene rings is 1. The number of nitrogens with zero attached hydrogens (tertiary/aromatic N) is 4. The van der Waals surface area contributed by atoms with Crippen molar-refractivity contribution in [3.8, 4) is 0 Å². The van der Waals surface area contributed by atoms with Crippen molar-refractivity contribution in [3.63, 3.8) is 0 Å². The van der Waals surface area contributed by atoms with E-state index < -0.39 is 0 Å². The van der Waals surface area contributed by atoms with Gasteiger partial charge in [0, 0.05) is 27.1 Å². The monoisotopic (exact) mass is 301 g/mol. The standard InChI is InChI=1S/C16H23N5O/c1-5-17-16(18-10-15-19-13(3)22-20-15)21(4)11-14-8-6-12(2)7-9-14/h6-9H,5,10-11H2,1-4H3,(H,17,18). The molecule has 0 atom stereocenters. The molecule has 1 heterocycles. The number of rotatable bonds is 5. The molecule has 0 saturated carbocycles. The van der Waals surface area contributed by atoms with Crippen molar-refractivity contribution in [1.29, 1.82) is 0 Å². The first-order chi connectivity index (χ1) is 10.6. The highest BCUT2D eigenvalue weighted by molar-refractivity contribution is 5.79. The molecule has 0 radical (unpaired) electrons. The maximum absolute atomic E-state index is 4.96. The molecule has 6 heteroatoms. The Morgan fingerprint density at radius 2 is 2.00 bits per heavy atom. The zero-order valence-electron chi connectivity index (χ0n) is 13.6. The van der Waals surface area contributed by atoms with Crippen LogP contribution in [0.1, 0.15) is 29.8 Å². The molecule has 2 rings (SSSR count). The van der Waals surface area contributed by atoms with E-state index in [1.165, 1.54) is 11.1 Å². The molecule has 0 spiro atoms. The van der Waals surface area contributed by atoms with Gasteiger partial charge in [-0.15, -0.1) is 0 Å². The van der Waals surface area contributed by atoms with Gasteiger partial charge in [0.25, 0.3) is 0 Å². The predicted molar refractivity (Wildman–Crippen MR) is 86.5 cm³/mol. The van der Waals surface area contributed by atoms with Crippen LogP contribution in [0.2, 0.25) is 0 Å². The maximum Gasteiger partial charge on any atom is 0.223 e. The van der Waals surface area contributed by atoms with Crippen LogP contribution in [0.5, 0.6) is 0 Å². The molecule has 118 valence electrons. The molecule has 22 heavy (non-hydrogen) atoms. The molecule has 1 aromatic carbocycles. The first kappa shape index (κ1) is 16.0. The fourth-order valence-electron chi connectivity index (χ4n) is 2.06. The Morgan fingerprint density at radius 3 is 2.59 bits per heavy atom. The Balaban J connectivity index is 2.03. The number of guanidine groups is 1. The summed E-state index contributed by atoms with van der Waals surface area (Å²) in [7, 11) is 2.02. The van der Waals surface area contributed by atoms with Crippen LogP contribution in [0, 0.1) is 13.8 Å². The number of hydrogen-bond donors (Lipinski definition) is 1. The van der Waals surface area contributed by atoms with E-state index in [0.29, 0.717) is 18.3 Å². The Hall–Kier alpha value is -2.37. The quantitative estimate of drug-likeness (QED) is 0.678. The van der Waals surface area contributed by atoms with Crippen LogP contribution in [-0.2, 0) is 13.1 Å². The molecule has 1 aromatic heterocycles. The predicted octanol–water partition coefficient (Wildman–Crippen LogP) is 2.28. The first-order valence-electron chi connectivity index (χ1n) is 7.42. The second-order valence-electron chi connectivity index (χ2n) is 5.24. The molecule has 0 saturated heterocycles. The fraction of sp³-hybridized carbons (Fsp3) is 0.438. The molecule has 1 N–H and O–H groups in total. The van der Waals surface area contributed by atoms with Gasteiger partial charge in [0.15, 0.2) is 11.8 Å². The van der Waals surface area contributed by atoms with Gasteiger partial charge in [-0.2, -0.15) is 4.98 Å². The van der Waals surface area contributed by atoms with Gasteiger partial charge >= 0.3 is 0 Å². The molecule has 0 aliphatic carbocycles. The molecule has 0 fully saturated rings. The van der Waals surface area contributed by atoms with Crippen molar-refractivity contribution >= 4 is 5.96 Å². The van der Waals surface area contributed by atoms with Crippen LogP contribution in [0.15, 0.2) is 33.8 Å². The summed E-state index contributed by atoms with van der Waals surface area (Å²) in [6, 6.07) is 8.51. The van der Waals surface area contributed by atoms with Gasteiger partial charge in [-0.3, -0.25) is 0 Å². The summed E-state index contributed by atoms with van der Waals surface area (Å²) in [4.78, 5) is 10.8. The van der Waals surface area contributed by atoms with Crippen molar-refractivity contribution in [3.05, 3.63) is 47.1 Å². The van der Waals surface area contributed by atoms with E-state index in [1.807, 2.05) is 14.0 Å². The van der Waals surface area contributed by atoms with E-state index in [2.05, 4.69) is 56.5 Å². The van der Waals surface area contributed by atoms with Crippen LogP contribution in [-0.4, -0.2) is 34.6 Å². The Morgan fingerprint density at radius 1 is 1.27 bits per heavy atom. The second-order valence-corrected chi connectivity index (χ2v) is 5.24. The zero-order valence-corrected chi connectivity index (χ0v) is 13.6. The van der Waals surface area contributed by atoms with E-state index in [9.17, 15) is 0 Å². The Labute approximate surface area is 131 Å². The molecular weight excluding hydrogens is 278 g/mol. The first-order valence-corrected chi connectivity index (χ1v) is 7.42. The highest BCUT2D eigenvalue weighted by atomic mass is 16.5. The van der Waals surface area contributed by atoms with E-state index in [1.54, 1.807) is 6.92 Å². The van der Waals surface area contributed by atoms with Crippen molar-refractivity contribution in [2.24, 2.45) is 4.99 Å². The molecule has 0 bridgehead atoms. The third-order valence-electron chi connectivity index (χ3n) is 3.18. The third kappa shape index (κ3) is 4.58. The van der Waals surface area contributed by atoms with Gasteiger partial charge in [-0.05, 0) is 19.4 Å². The Kier molecular flexibility index (Phi) is 5.52. The van der Waals surface area contributed by atoms with Crippen LogP contribution >= 0.6 is 0 Å². The van der Waals surface area contributed by atoms with Crippen LogP contribution in [0.3, 0.4) is 0 Å². The van der Waals surface area contributed by atoms with Crippen LogP contribution < -0.4 is 5.32 Å². The number of nitrogens with one attached hydrogen (secondary N) is 1. The van der Waals surface area contributed by atoms with E-state index in [0.717, 1.165) is 19.0 Å². The minimum absolute atomic E-state index is 0.401. The maximum atomic E-state index is 4.96. The Bertz CT molecular complexity index is 618. The highest BCUT2D eigenvalue weighted by Crippen LogP contribution is 2.06. The topological polar surface area (TPSA) is 66.5 Å². The lowest BCUT2D eigenvalue weighted by molar-refractivity contribution is 0.387. The van der Waals surface area contributed by atoms with E-state index in [-0.39, 0.29) is 0 Å². The minimum atomic E-state index is 0.401. The van der Waals surface area contributed by atoms with Gasteiger partial charge in [0.1, 0.15) is 6.54 Å². The molecule has 0 unspecified atom stereocenters. The summed E-state index contributed by atoms with van der Waals surface area (Å²) in [5.41, 5.74) is 2.51. The van der Waals surface area contributed by atoms with Gasteiger partial charge < -0.3 is 14.7 Å². The summed E-state index contributed by atoms with van der Waals surface area (Å²) in [5, 5.41) is 7.14. The third-order valence-corrected chi connectivity index (χ3v) is 3.18. The van der Waals surface area contributed by atoms with Crippen molar-refractivity contribution < 1.29 is 4.52 Å². The summed E-state index contributed by atoms with van der Waals surface area (Å²) < 4.78 is 4.96. The largest absolute Gasteiger partial charge is 0.357 e. The lowest BCUT2D eigenvalue weighted by Crippen LogP contribution is -2.38. The number of aliphatic imine (C=N–C) groups is 1. The molecule has 0 amide bonds. The lowest BCUT2D eigenvalue weighted by atomic mass is 10.1. The van der Waals surface area contributed by atoms with Gasteiger partial charge in [0.2, 0.25) is 5.89 Å². The fourth-order valence-corrected chi connectivity index (χ4v) is 2.06. The summed E-state index contributed by atoms with van der Waals surface area (Å²) in [6.07, 6.45) is 0. The second kappa shape index (κ2) is 7.59. The van der Waals surface area contributed by atoms with Crippen molar-refractivity contribution in [2.45, 2.75) is 33.9 Å². The lowest BCUT2D eigenvalue weighted by Gasteiger charge is -2.22. The average molecular weight is 301 g/mol. The van der Waals surface area contributed by atoms with Gasteiger partial charge in [-0.25, -0.2) is 4.99 Å². The molecule has 2 aromatic rings. The molecule has 6 nitrogen and oxygen atoms in total. The summed E-state index contributed by atoms with van der Waals surface area (Å²) >= 11 is 0. The normalized spacial score (nSPS) is 11.5. The molecule has 0 aliphatic heterocycles. The SMILES string of the molecule is CCNC(=NCc1noc(C)n1)N(C)Cc1ccc(C)cc1. The van der Waals surface area contributed by atoms with Gasteiger partial charge in [-0.1, -0.05) is 35.0 Å². The van der Waals surface area contributed by atoms with Crippen LogP contribution in [0.25, 0.3) is 0 Å². The molecule has 0 aliphatic rings. The van der Waals surface area contributed by atoms with E-state index in [4.69, 9.17) is 4.52 Å². The minimum Gasteiger partial charge on any atom is -0.357 e. The van der Waals surface area contributed by atoms with E-state index >= 15 is 0 Å². The van der Waals surface area contributed by atoms with Gasteiger partial charge in [0.05, 0.1) is 0 Å². The number of aromatic nitrogens is 2. The average Bonchev–Trinajstić information content (AvgIpc) is 2.91. The molecular formula is C16H23N5O. The number of hydrogen-bond acceptors (Lipinski definition) is 4. The van der Waals surface area contributed by atoms with Crippen LogP contribution in [0.4, 0.5) is 0 Å². The highest BCUT2D eigenvalue weighted by Gasteiger charge is 2.08. The van der Waals surface area contributed by atoms with Crippen molar-refractivity contribution in [1.82, 2.24) is 20.4 Å². The summed E-state index contributed by atoms with van der Waals surface area (Å²) in [6.45, 7) is 7.91. The number of aryl methyl sites for hydroxylation is 2. The zero-order chi connectivity index (χ0) is 15.9. The van der Waals surface area contributed by atoms with Crippen molar-refractivity contribution in [2.75, 3.05) is 13.6 Å². The summed E-state index contributed by atoms with van der Waals surface area (Å²) in [5.74, 6) is 1.98. The smallest absolute Gasteiger partial charge is 0.223 e.